The van der Waals surface area contributed by atoms with E-state index >= 15 is 8.78 Å². The standard InChI is InChI=1S/C22H19F2N5O2S/c1-3-17(31)28-4-6-29(7-5-28)22-15-10-16(23)18(19(24)21(15)26-32-22)14-9-13(30)8-12-11-27(2)25-20(12)14/h3,8-11,30H,1,4-7H2,2H3. The van der Waals surface area contributed by atoms with Gasteiger partial charge in [0, 0.05) is 55.8 Å². The molecule has 0 radical (unpaired) electrons. The Bertz CT molecular complexity index is 1390. The van der Waals surface area contributed by atoms with Crippen molar-refractivity contribution in [2.45, 2.75) is 0 Å². The number of phenolic OH excluding ortho intramolecular Hbond substituents is 1. The third-order valence-corrected chi connectivity index (χ3v) is 6.60. The first-order valence-corrected chi connectivity index (χ1v) is 10.7. The lowest BCUT2D eigenvalue weighted by Gasteiger charge is -2.34. The van der Waals surface area contributed by atoms with Crippen molar-refractivity contribution in [3.63, 3.8) is 0 Å². The van der Waals surface area contributed by atoms with E-state index in [1.807, 2.05) is 4.90 Å². The van der Waals surface area contributed by atoms with Gasteiger partial charge in [0.15, 0.2) is 5.82 Å². The minimum absolute atomic E-state index is 0.0680. The van der Waals surface area contributed by atoms with Crippen LogP contribution < -0.4 is 4.90 Å². The summed E-state index contributed by atoms with van der Waals surface area (Å²) in [6.07, 6.45) is 2.95. The number of aromatic hydroxyl groups is 1. The SMILES string of the molecule is C=CC(=O)N1CCN(c2snc3c(F)c(-c4cc(O)cc5cn(C)nc45)c(F)cc23)CC1. The Balaban J connectivity index is 1.58. The molecule has 0 atom stereocenters. The van der Waals surface area contributed by atoms with Gasteiger partial charge in [-0.1, -0.05) is 6.58 Å². The second-order valence-corrected chi connectivity index (χ2v) is 8.43. The van der Waals surface area contributed by atoms with E-state index in [1.165, 1.54) is 29.0 Å². The van der Waals surface area contributed by atoms with Crippen LogP contribution >= 0.6 is 11.5 Å². The first kappa shape index (κ1) is 20.4. The second-order valence-electron chi connectivity index (χ2n) is 7.68. The van der Waals surface area contributed by atoms with E-state index in [9.17, 15) is 9.90 Å². The molecule has 1 N–H and O–H groups in total. The predicted molar refractivity (Wildman–Crippen MR) is 120 cm³/mol. The molecule has 32 heavy (non-hydrogen) atoms. The first-order chi connectivity index (χ1) is 15.4. The van der Waals surface area contributed by atoms with E-state index in [0.717, 1.165) is 11.5 Å². The number of phenols is 1. The van der Waals surface area contributed by atoms with Gasteiger partial charge in [0.1, 0.15) is 27.6 Å². The number of halogens is 2. The number of aromatic nitrogens is 3. The average Bonchev–Trinajstić information content (AvgIpc) is 3.36. The number of carbonyl (C=O) groups is 1. The summed E-state index contributed by atoms with van der Waals surface area (Å²) in [6.45, 7) is 5.56. The number of rotatable bonds is 3. The molecular formula is C22H19F2N5O2S. The number of carbonyl (C=O) groups excluding carboxylic acids is 1. The molecule has 1 aliphatic heterocycles. The maximum Gasteiger partial charge on any atom is 0.246 e. The minimum Gasteiger partial charge on any atom is -0.508 e. The first-order valence-electron chi connectivity index (χ1n) is 9.97. The van der Waals surface area contributed by atoms with E-state index in [2.05, 4.69) is 16.1 Å². The molecule has 7 nitrogen and oxygen atoms in total. The molecule has 3 heterocycles. The predicted octanol–water partition coefficient (Wildman–Crippen LogP) is 3.67. The van der Waals surface area contributed by atoms with Crippen molar-refractivity contribution in [2.75, 3.05) is 31.1 Å². The third-order valence-electron chi connectivity index (χ3n) is 5.68. The number of aryl methyl sites for hydroxylation is 1. The average molecular weight is 455 g/mol. The van der Waals surface area contributed by atoms with Crippen molar-refractivity contribution in [3.8, 4) is 16.9 Å². The van der Waals surface area contributed by atoms with Crippen LogP contribution in [0.15, 0.2) is 37.1 Å². The topological polar surface area (TPSA) is 74.5 Å². The van der Waals surface area contributed by atoms with Gasteiger partial charge >= 0.3 is 0 Å². The molecule has 1 amide bonds. The van der Waals surface area contributed by atoms with Gasteiger partial charge in [0.2, 0.25) is 5.91 Å². The van der Waals surface area contributed by atoms with Crippen LogP contribution in [-0.2, 0) is 11.8 Å². The highest BCUT2D eigenvalue weighted by molar-refractivity contribution is 7.11. The second kappa shape index (κ2) is 7.56. The molecule has 5 rings (SSSR count). The summed E-state index contributed by atoms with van der Waals surface area (Å²) in [5.41, 5.74) is 0.360. The Morgan fingerprint density at radius 2 is 1.94 bits per heavy atom. The van der Waals surface area contributed by atoms with Crippen LogP contribution in [0.1, 0.15) is 0 Å². The molecule has 2 aromatic heterocycles. The van der Waals surface area contributed by atoms with Crippen LogP contribution in [0.3, 0.4) is 0 Å². The maximum absolute atomic E-state index is 15.6. The quantitative estimate of drug-likeness (QED) is 0.477. The van der Waals surface area contributed by atoms with Crippen molar-refractivity contribution >= 4 is 44.2 Å². The monoisotopic (exact) mass is 455 g/mol. The molecule has 0 aliphatic carbocycles. The molecule has 0 unspecified atom stereocenters. The number of anilines is 1. The molecule has 0 saturated carbocycles. The minimum atomic E-state index is -0.791. The molecule has 2 aromatic carbocycles. The van der Waals surface area contributed by atoms with Gasteiger partial charge in [0.25, 0.3) is 0 Å². The summed E-state index contributed by atoms with van der Waals surface area (Å²) in [5.74, 6) is -1.78. The Morgan fingerprint density at radius 1 is 1.19 bits per heavy atom. The Labute approximate surface area is 185 Å². The van der Waals surface area contributed by atoms with Gasteiger partial charge < -0.3 is 14.9 Å². The van der Waals surface area contributed by atoms with Gasteiger partial charge in [-0.3, -0.25) is 9.48 Å². The zero-order valence-corrected chi connectivity index (χ0v) is 18.0. The van der Waals surface area contributed by atoms with Gasteiger partial charge in [0.05, 0.1) is 5.56 Å². The molecule has 4 aromatic rings. The van der Waals surface area contributed by atoms with Crippen LogP contribution in [0.25, 0.3) is 32.9 Å². The van der Waals surface area contributed by atoms with E-state index < -0.39 is 11.6 Å². The number of piperazine rings is 1. The van der Waals surface area contributed by atoms with Gasteiger partial charge in [-0.15, -0.1) is 0 Å². The van der Waals surface area contributed by atoms with Crippen LogP contribution in [-0.4, -0.2) is 56.2 Å². The fourth-order valence-corrected chi connectivity index (χ4v) is 5.07. The highest BCUT2D eigenvalue weighted by Gasteiger charge is 2.27. The van der Waals surface area contributed by atoms with E-state index in [0.29, 0.717) is 47.5 Å². The number of nitrogens with zero attached hydrogens (tertiary/aromatic N) is 5. The van der Waals surface area contributed by atoms with Gasteiger partial charge in [-0.25, -0.2) is 8.78 Å². The summed E-state index contributed by atoms with van der Waals surface area (Å²) < 4.78 is 36.7. The van der Waals surface area contributed by atoms with Crippen molar-refractivity contribution in [3.05, 3.63) is 48.7 Å². The van der Waals surface area contributed by atoms with Crippen molar-refractivity contribution < 1.29 is 18.7 Å². The maximum atomic E-state index is 15.6. The lowest BCUT2D eigenvalue weighted by atomic mass is 9.99. The number of hydrogen-bond donors (Lipinski definition) is 1. The Morgan fingerprint density at radius 3 is 2.66 bits per heavy atom. The third kappa shape index (κ3) is 3.18. The highest BCUT2D eigenvalue weighted by atomic mass is 32.1. The number of hydrogen-bond acceptors (Lipinski definition) is 6. The van der Waals surface area contributed by atoms with Gasteiger partial charge in [-0.05, 0) is 35.8 Å². The number of fused-ring (bicyclic) bond motifs is 2. The van der Waals surface area contributed by atoms with Crippen LogP contribution in [0.2, 0.25) is 0 Å². The fraction of sp³-hybridized carbons (Fsp3) is 0.227. The molecule has 1 fully saturated rings. The summed E-state index contributed by atoms with van der Waals surface area (Å²) in [4.78, 5) is 15.5. The van der Waals surface area contributed by atoms with Crippen LogP contribution in [0, 0.1) is 11.6 Å². The van der Waals surface area contributed by atoms with Gasteiger partial charge in [-0.2, -0.15) is 9.47 Å². The number of benzene rings is 2. The smallest absolute Gasteiger partial charge is 0.246 e. The van der Waals surface area contributed by atoms with E-state index in [4.69, 9.17) is 0 Å². The molecule has 1 saturated heterocycles. The molecule has 0 spiro atoms. The zero-order chi connectivity index (χ0) is 22.6. The normalized spacial score (nSPS) is 14.5. The molecular weight excluding hydrogens is 436 g/mol. The fourth-order valence-electron chi connectivity index (χ4n) is 4.16. The lowest BCUT2D eigenvalue weighted by molar-refractivity contribution is -0.126. The van der Waals surface area contributed by atoms with Crippen LogP contribution in [0.5, 0.6) is 5.75 Å². The Kier molecular flexibility index (Phi) is 4.81. The summed E-state index contributed by atoms with van der Waals surface area (Å²) in [7, 11) is 1.70. The zero-order valence-electron chi connectivity index (χ0n) is 17.2. The lowest BCUT2D eigenvalue weighted by Crippen LogP contribution is -2.48. The summed E-state index contributed by atoms with van der Waals surface area (Å²) in [5, 5.41) is 16.0. The molecule has 164 valence electrons. The largest absolute Gasteiger partial charge is 0.508 e. The molecule has 0 bridgehead atoms. The molecule has 1 aliphatic rings. The van der Waals surface area contributed by atoms with E-state index in [1.54, 1.807) is 18.1 Å². The van der Waals surface area contributed by atoms with Crippen LogP contribution in [0.4, 0.5) is 13.8 Å². The van der Waals surface area contributed by atoms with Crippen molar-refractivity contribution in [1.29, 1.82) is 0 Å². The van der Waals surface area contributed by atoms with Crippen molar-refractivity contribution in [1.82, 2.24) is 19.1 Å². The van der Waals surface area contributed by atoms with E-state index in [-0.39, 0.29) is 28.3 Å². The highest BCUT2D eigenvalue weighted by Crippen LogP contribution is 2.41. The Hall–Kier alpha value is -3.53. The summed E-state index contributed by atoms with van der Waals surface area (Å²) >= 11 is 1.10. The summed E-state index contributed by atoms with van der Waals surface area (Å²) in [6, 6.07) is 4.09. The molecule has 10 heteroatoms. The number of amides is 1. The van der Waals surface area contributed by atoms with Crippen molar-refractivity contribution in [2.24, 2.45) is 7.05 Å².